The quantitative estimate of drug-likeness (QED) is 0.0302. The Morgan fingerprint density at radius 2 is 0.615 bits per heavy atom. The number of benzene rings is 8. The number of Topliss-reactive ketones (excluding diaryl/α,β-unsaturated/α-hetero) is 8. The van der Waals surface area contributed by atoms with Gasteiger partial charge < -0.3 is 71.0 Å². The SMILES string of the molecule is O=C(O)NC(C[C@@H]1O[C@H](C(O)C(=O)c2ccccc2)[C@](O)(C(=O)c2ccccc2)[C@@](O)(C(=O)c2ccccc2)[C@@]1(O)C(=O)c1ccccc1)CC(O)(O)[C@@H]1O[C@H](C(O)C(=O)c2ccccc2)[C@](O)(C(=O)c2ccccc2)[C@@](O)(C(=O)c2ccccc2)[C@@]1(O)C(=O)c1ccccc1. The van der Waals surface area contributed by atoms with E-state index in [1.165, 1.54) is 158 Å². The number of hydrogen-bond donors (Lipinski definition) is 12. The Morgan fingerprint density at radius 3 is 0.917 bits per heavy atom. The van der Waals surface area contributed by atoms with Gasteiger partial charge in [-0.2, -0.15) is 0 Å². The highest BCUT2D eigenvalue weighted by Gasteiger charge is 2.84. The van der Waals surface area contributed by atoms with Crippen molar-refractivity contribution in [2.24, 2.45) is 0 Å². The normalized spacial score (nSPS) is 26.6. The van der Waals surface area contributed by atoms with Gasteiger partial charge in [0.25, 0.3) is 0 Å². The summed E-state index contributed by atoms with van der Waals surface area (Å²) in [6, 6.07) is 45.3. The van der Waals surface area contributed by atoms with E-state index in [9.17, 15) is 70.6 Å². The van der Waals surface area contributed by atoms with Crippen LogP contribution in [-0.4, -0.2) is 191 Å². The predicted molar refractivity (Wildman–Crippen MR) is 337 cm³/mol. The highest BCUT2D eigenvalue weighted by Crippen LogP contribution is 2.55. The molecule has 23 nitrogen and oxygen atoms in total. The van der Waals surface area contributed by atoms with Gasteiger partial charge in [0.1, 0.15) is 24.4 Å². The second kappa shape index (κ2) is 27.0. The molecule has 0 aromatic heterocycles. The molecule has 0 saturated carbocycles. The van der Waals surface area contributed by atoms with Gasteiger partial charge >= 0.3 is 6.09 Å². The molecule has 0 radical (unpaired) electrons. The third kappa shape index (κ3) is 11.4. The van der Waals surface area contributed by atoms with Crippen LogP contribution in [0.15, 0.2) is 243 Å². The molecule has 13 atom stereocenters. The van der Waals surface area contributed by atoms with E-state index in [1.54, 1.807) is 0 Å². The van der Waals surface area contributed by atoms with E-state index in [2.05, 4.69) is 0 Å². The van der Waals surface area contributed by atoms with Crippen molar-refractivity contribution in [3.05, 3.63) is 287 Å². The van der Waals surface area contributed by atoms with Gasteiger partial charge in [-0.1, -0.05) is 243 Å². The lowest BCUT2D eigenvalue weighted by molar-refractivity contribution is -0.370. The van der Waals surface area contributed by atoms with E-state index >= 15 is 28.8 Å². The molecule has 1 amide bonds. The summed E-state index contributed by atoms with van der Waals surface area (Å²) in [5.41, 5.74) is -31.4. The van der Waals surface area contributed by atoms with Gasteiger partial charge in [-0.3, -0.25) is 38.4 Å². The number of carbonyl (C=O) groups excluding carboxylic acids is 8. The molecule has 492 valence electrons. The lowest BCUT2D eigenvalue weighted by Gasteiger charge is -2.61. The number of nitrogens with one attached hydrogen (secondary N) is 1. The zero-order valence-corrected chi connectivity index (χ0v) is 50.5. The Balaban J connectivity index is 1.23. The van der Waals surface area contributed by atoms with Crippen molar-refractivity contribution in [1.29, 1.82) is 0 Å². The molecule has 2 aliphatic rings. The lowest BCUT2D eigenvalue weighted by atomic mass is 9.54. The summed E-state index contributed by atoms with van der Waals surface area (Å²) in [6.07, 6.45) is -24.6. The maximum atomic E-state index is 15.9. The summed E-state index contributed by atoms with van der Waals surface area (Å²) < 4.78 is 12.5. The molecule has 0 aliphatic carbocycles. The first kappa shape index (κ1) is 68.8. The standard InChI is InChI=1S/C73H63NO22/c75-53(43-25-9-1-10-26-43)55(77)63-69(90,58(80)46-31-15-4-16-32-46)72(93,61(83)49-37-21-7-22-38-49)68(89,57(79)45-29-13-3-14-30-45)52(95-63)41-51(74-66(85)86)42-67(87,88)65-71(92,60(82)48-35-19-6-20-36-48)73(94,62(84)50-39-23-8-24-40-50)70(91,59(81)47-33-17-5-18-34-47)64(96-65)56(78)54(76)44-27-11-2-12-28-44/h1-40,51-52,55-56,63-65,74,77-78,87-94H,41-42H2,(H,85,86)/t51?,52-,55?,56?,63+,64+,65-,68-,69+,70+,71+,72+,73-/m0/s1. The second-order valence-electron chi connectivity index (χ2n) is 23.5. The smallest absolute Gasteiger partial charge is 0.404 e. The molecule has 12 N–H and O–H groups in total. The van der Waals surface area contributed by atoms with Crippen LogP contribution >= 0.6 is 0 Å². The molecule has 2 saturated heterocycles. The zero-order chi connectivity index (χ0) is 69.2. The summed E-state index contributed by atoms with van der Waals surface area (Å²) in [5, 5.41) is 147. The first-order chi connectivity index (χ1) is 45.7. The zero-order valence-electron chi connectivity index (χ0n) is 50.5. The number of carbonyl (C=O) groups is 9. The number of rotatable bonds is 24. The molecule has 2 aliphatic heterocycles. The maximum absolute atomic E-state index is 15.9. The minimum absolute atomic E-state index is 0.364. The maximum Gasteiger partial charge on any atom is 0.404 e. The Kier molecular flexibility index (Phi) is 19.3. The second-order valence-corrected chi connectivity index (χ2v) is 23.5. The molecule has 2 fully saturated rings. The van der Waals surface area contributed by atoms with Crippen LogP contribution in [0.3, 0.4) is 0 Å². The van der Waals surface area contributed by atoms with Crippen molar-refractivity contribution >= 4 is 52.4 Å². The van der Waals surface area contributed by atoms with Gasteiger partial charge in [0.05, 0.1) is 6.10 Å². The van der Waals surface area contributed by atoms with Gasteiger partial charge in [-0.25, -0.2) is 4.79 Å². The highest BCUT2D eigenvalue weighted by molar-refractivity contribution is 6.21. The third-order valence-corrected chi connectivity index (χ3v) is 17.7. The van der Waals surface area contributed by atoms with Gasteiger partial charge in [-0.15, -0.1) is 0 Å². The average Bonchev–Trinajstić information content (AvgIpc) is 0.686. The molecule has 2 heterocycles. The Labute approximate surface area is 546 Å². The van der Waals surface area contributed by atoms with E-state index in [1.807, 2.05) is 5.32 Å². The van der Waals surface area contributed by atoms with Crippen molar-refractivity contribution in [1.82, 2.24) is 5.32 Å². The molecule has 0 bridgehead atoms. The lowest BCUT2D eigenvalue weighted by Crippen LogP contribution is -2.90. The molecular weight excluding hydrogens is 1240 g/mol. The van der Waals surface area contributed by atoms with Gasteiger partial charge in [-0.05, 0) is 6.42 Å². The number of carboxylic acid groups (broad SMARTS) is 1. The molecule has 23 heteroatoms. The first-order valence-electron chi connectivity index (χ1n) is 29.9. The first-order valence-corrected chi connectivity index (χ1v) is 29.9. The van der Waals surface area contributed by atoms with Crippen LogP contribution in [0.4, 0.5) is 4.79 Å². The topological polar surface area (TPSA) is 407 Å². The number of aliphatic hydroxyl groups excluding tert-OH is 2. The van der Waals surface area contributed by atoms with Crippen LogP contribution in [0.1, 0.15) is 95.7 Å². The van der Waals surface area contributed by atoms with Crippen molar-refractivity contribution in [3.63, 3.8) is 0 Å². The summed E-state index contributed by atoms with van der Waals surface area (Å²) in [4.78, 5) is 137. The number of amides is 1. The predicted octanol–water partition coefficient (Wildman–Crippen LogP) is 3.79. The monoisotopic (exact) mass is 1310 g/mol. The summed E-state index contributed by atoms with van der Waals surface area (Å²) >= 11 is 0. The van der Waals surface area contributed by atoms with Gasteiger partial charge in [0.15, 0.2) is 45.9 Å². The largest absolute Gasteiger partial charge is 0.465 e. The number of ketones is 8. The average molecular weight is 1310 g/mol. The Bertz CT molecular complexity index is 4210. The fourth-order valence-electron chi connectivity index (χ4n) is 13.0. The van der Waals surface area contributed by atoms with Crippen LogP contribution in [0, 0.1) is 0 Å². The fourth-order valence-corrected chi connectivity index (χ4v) is 13.0. The fraction of sp³-hybridized carbons (Fsp3) is 0.219. The minimum Gasteiger partial charge on any atom is -0.465 e. The summed E-state index contributed by atoms with van der Waals surface area (Å²) in [5.74, 6) is -18.5. The number of hydrogen-bond acceptors (Lipinski definition) is 21. The van der Waals surface area contributed by atoms with E-state index in [4.69, 9.17) is 9.47 Å². The number of ether oxygens (including phenoxy) is 2. The van der Waals surface area contributed by atoms with E-state index in [0.29, 0.717) is 0 Å². The van der Waals surface area contributed by atoms with Crippen LogP contribution in [-0.2, 0) is 9.47 Å². The third-order valence-electron chi connectivity index (χ3n) is 17.7. The van der Waals surface area contributed by atoms with E-state index in [0.717, 1.165) is 84.9 Å². The molecule has 8 aromatic rings. The van der Waals surface area contributed by atoms with E-state index in [-0.39, 0.29) is 5.56 Å². The van der Waals surface area contributed by atoms with Gasteiger partial charge in [0, 0.05) is 57.0 Å². The van der Waals surface area contributed by atoms with Crippen molar-refractivity contribution in [2.75, 3.05) is 0 Å². The van der Waals surface area contributed by atoms with E-state index < -0.39 is 186 Å². The van der Waals surface area contributed by atoms with Crippen LogP contribution in [0.2, 0.25) is 0 Å². The summed E-state index contributed by atoms with van der Waals surface area (Å²) in [6.45, 7) is 0. The Hall–Kier alpha value is -10.1. The molecule has 0 spiro atoms. The molecule has 10 rings (SSSR count). The molecule has 3 unspecified atom stereocenters. The Morgan fingerprint density at radius 1 is 0.365 bits per heavy atom. The van der Waals surface area contributed by atoms with Crippen molar-refractivity contribution in [2.45, 2.75) is 94.9 Å². The van der Waals surface area contributed by atoms with Crippen LogP contribution in [0.25, 0.3) is 0 Å². The van der Waals surface area contributed by atoms with Crippen LogP contribution in [0.5, 0.6) is 0 Å². The highest BCUT2D eigenvalue weighted by atomic mass is 16.6. The summed E-state index contributed by atoms with van der Waals surface area (Å²) in [7, 11) is 0. The van der Waals surface area contributed by atoms with Crippen molar-refractivity contribution < 1.29 is 109 Å². The molecule has 8 aromatic carbocycles. The van der Waals surface area contributed by atoms with Crippen LogP contribution < -0.4 is 5.32 Å². The number of aliphatic hydroxyl groups is 10. The van der Waals surface area contributed by atoms with Crippen molar-refractivity contribution in [3.8, 4) is 0 Å². The van der Waals surface area contributed by atoms with Gasteiger partial charge in [0.2, 0.25) is 45.9 Å². The molecule has 96 heavy (non-hydrogen) atoms. The molecular formula is C73H63NO22. The minimum atomic E-state index is -4.66.